The lowest BCUT2D eigenvalue weighted by Gasteiger charge is -2.36. The van der Waals surface area contributed by atoms with Gasteiger partial charge in [0, 0.05) is 38.6 Å². The number of aliphatic carboxylic acids is 1. The van der Waals surface area contributed by atoms with Gasteiger partial charge >= 0.3 is 12.0 Å². The summed E-state index contributed by atoms with van der Waals surface area (Å²) in [4.78, 5) is 38.2. The molecule has 2 aliphatic rings. The van der Waals surface area contributed by atoms with E-state index >= 15 is 0 Å². The van der Waals surface area contributed by atoms with Crippen LogP contribution in [0.1, 0.15) is 32.6 Å². The van der Waals surface area contributed by atoms with E-state index in [0.29, 0.717) is 26.2 Å². The predicted molar refractivity (Wildman–Crippen MR) is 75.7 cm³/mol. The number of likely N-dealkylation sites (tertiary alicyclic amines) is 2. The van der Waals surface area contributed by atoms with Crippen LogP contribution in [0.2, 0.25) is 0 Å². The van der Waals surface area contributed by atoms with Crippen LogP contribution < -0.4 is 5.32 Å². The number of hydrogen-bond acceptors (Lipinski definition) is 3. The Labute approximate surface area is 124 Å². The molecule has 21 heavy (non-hydrogen) atoms. The molecule has 0 aromatic rings. The molecule has 0 aromatic heterocycles. The Morgan fingerprint density at radius 2 is 2.00 bits per heavy atom. The minimum Gasteiger partial charge on any atom is -0.481 e. The molecular weight excluding hydrogens is 274 g/mol. The van der Waals surface area contributed by atoms with Crippen LogP contribution in [-0.4, -0.2) is 65.0 Å². The van der Waals surface area contributed by atoms with E-state index in [-0.39, 0.29) is 24.4 Å². The molecule has 2 heterocycles. The van der Waals surface area contributed by atoms with E-state index in [1.54, 1.807) is 9.80 Å². The minimum atomic E-state index is -0.901. The fourth-order valence-corrected chi connectivity index (χ4v) is 2.97. The maximum atomic E-state index is 11.9. The van der Waals surface area contributed by atoms with Gasteiger partial charge in [-0.1, -0.05) is 6.92 Å². The Morgan fingerprint density at radius 1 is 1.33 bits per heavy atom. The molecule has 2 rings (SSSR count). The van der Waals surface area contributed by atoms with E-state index in [4.69, 9.17) is 5.11 Å². The van der Waals surface area contributed by atoms with Crippen LogP contribution in [0, 0.1) is 5.92 Å². The van der Waals surface area contributed by atoms with Crippen LogP contribution in [0.4, 0.5) is 4.79 Å². The molecule has 0 aromatic carbocycles. The highest BCUT2D eigenvalue weighted by molar-refractivity contribution is 5.86. The van der Waals surface area contributed by atoms with Crippen molar-refractivity contribution in [2.75, 3.05) is 26.2 Å². The third-order valence-electron chi connectivity index (χ3n) is 4.23. The first kappa shape index (κ1) is 15.6. The highest BCUT2D eigenvalue weighted by Crippen LogP contribution is 2.25. The number of rotatable bonds is 4. The van der Waals surface area contributed by atoms with Crippen molar-refractivity contribution >= 4 is 17.9 Å². The standard InChI is InChI=1S/C14H23N3O4/c1-2-5-15-14(21)16-6-3-11(4-7-16)17-9-10(13(19)20)8-12(17)18/h10-11H,2-9H2,1H3,(H,15,21)(H,19,20). The number of carbonyl (C=O) groups is 3. The number of urea groups is 1. The van der Waals surface area contributed by atoms with Crippen molar-refractivity contribution in [3.8, 4) is 0 Å². The van der Waals surface area contributed by atoms with Gasteiger partial charge in [0.2, 0.25) is 5.91 Å². The second kappa shape index (κ2) is 6.78. The summed E-state index contributed by atoms with van der Waals surface area (Å²) < 4.78 is 0. The van der Waals surface area contributed by atoms with Crippen LogP contribution in [0.3, 0.4) is 0 Å². The summed E-state index contributed by atoms with van der Waals surface area (Å²) >= 11 is 0. The number of nitrogens with one attached hydrogen (secondary N) is 1. The Bertz CT molecular complexity index is 418. The minimum absolute atomic E-state index is 0.0496. The number of amides is 3. The first-order valence-electron chi connectivity index (χ1n) is 7.58. The highest BCUT2D eigenvalue weighted by atomic mass is 16.4. The fourth-order valence-electron chi connectivity index (χ4n) is 2.97. The topological polar surface area (TPSA) is 90.0 Å². The van der Waals surface area contributed by atoms with Gasteiger partial charge in [-0.3, -0.25) is 9.59 Å². The lowest BCUT2D eigenvalue weighted by molar-refractivity contribution is -0.141. The molecule has 2 aliphatic heterocycles. The van der Waals surface area contributed by atoms with E-state index < -0.39 is 11.9 Å². The van der Waals surface area contributed by atoms with Gasteiger partial charge in [0.05, 0.1) is 5.92 Å². The molecule has 2 saturated heterocycles. The molecule has 7 nitrogen and oxygen atoms in total. The van der Waals surface area contributed by atoms with Crippen molar-refractivity contribution in [2.45, 2.75) is 38.6 Å². The van der Waals surface area contributed by atoms with E-state index in [0.717, 1.165) is 19.3 Å². The van der Waals surface area contributed by atoms with E-state index in [1.165, 1.54) is 0 Å². The predicted octanol–water partition coefficient (Wildman–Crippen LogP) is 0.504. The maximum absolute atomic E-state index is 11.9. The van der Waals surface area contributed by atoms with Crippen molar-refractivity contribution in [3.05, 3.63) is 0 Å². The number of piperidine rings is 1. The van der Waals surface area contributed by atoms with Gasteiger partial charge in [-0.05, 0) is 19.3 Å². The van der Waals surface area contributed by atoms with Crippen molar-refractivity contribution in [1.29, 1.82) is 0 Å². The molecule has 1 unspecified atom stereocenters. The van der Waals surface area contributed by atoms with Gasteiger partial charge in [-0.25, -0.2) is 4.79 Å². The Balaban J connectivity index is 1.83. The van der Waals surface area contributed by atoms with E-state index in [9.17, 15) is 14.4 Å². The zero-order valence-electron chi connectivity index (χ0n) is 12.4. The maximum Gasteiger partial charge on any atom is 0.317 e. The number of hydrogen-bond donors (Lipinski definition) is 2. The van der Waals surface area contributed by atoms with Gasteiger partial charge in [-0.2, -0.15) is 0 Å². The Morgan fingerprint density at radius 3 is 2.52 bits per heavy atom. The molecule has 0 saturated carbocycles. The fraction of sp³-hybridized carbons (Fsp3) is 0.786. The molecule has 2 N–H and O–H groups in total. The largest absolute Gasteiger partial charge is 0.481 e. The van der Waals surface area contributed by atoms with Gasteiger partial charge in [-0.15, -0.1) is 0 Å². The van der Waals surface area contributed by atoms with Gasteiger partial charge in [0.25, 0.3) is 0 Å². The van der Waals surface area contributed by atoms with Crippen molar-refractivity contribution in [3.63, 3.8) is 0 Å². The number of carbonyl (C=O) groups excluding carboxylic acids is 2. The monoisotopic (exact) mass is 297 g/mol. The van der Waals surface area contributed by atoms with Crippen LogP contribution >= 0.6 is 0 Å². The third-order valence-corrected chi connectivity index (χ3v) is 4.23. The van der Waals surface area contributed by atoms with Crippen molar-refractivity contribution in [1.82, 2.24) is 15.1 Å². The summed E-state index contributed by atoms with van der Waals surface area (Å²) in [5.41, 5.74) is 0. The third kappa shape index (κ3) is 3.65. The zero-order valence-corrected chi connectivity index (χ0v) is 12.4. The first-order valence-corrected chi connectivity index (χ1v) is 7.58. The molecule has 0 spiro atoms. The van der Waals surface area contributed by atoms with Gasteiger partial charge < -0.3 is 20.2 Å². The van der Waals surface area contributed by atoms with Crippen LogP contribution in [0.25, 0.3) is 0 Å². The normalized spacial score (nSPS) is 23.5. The zero-order chi connectivity index (χ0) is 15.4. The lowest BCUT2D eigenvalue weighted by Crippen LogP contribution is -2.50. The van der Waals surface area contributed by atoms with Crippen LogP contribution in [0.5, 0.6) is 0 Å². The average Bonchev–Trinajstić information content (AvgIpc) is 2.87. The van der Waals surface area contributed by atoms with Gasteiger partial charge in [0.15, 0.2) is 0 Å². The average molecular weight is 297 g/mol. The number of carboxylic acids is 1. The molecule has 0 radical (unpaired) electrons. The summed E-state index contributed by atoms with van der Waals surface area (Å²) in [6.07, 6.45) is 2.45. The van der Waals surface area contributed by atoms with E-state index in [1.807, 2.05) is 6.92 Å². The molecule has 118 valence electrons. The molecule has 1 atom stereocenters. The summed E-state index contributed by atoms with van der Waals surface area (Å²) in [5.74, 6) is -1.55. The molecule has 7 heteroatoms. The van der Waals surface area contributed by atoms with Crippen LogP contribution in [0.15, 0.2) is 0 Å². The number of nitrogens with zero attached hydrogens (tertiary/aromatic N) is 2. The van der Waals surface area contributed by atoms with Crippen molar-refractivity contribution < 1.29 is 19.5 Å². The van der Waals surface area contributed by atoms with E-state index in [2.05, 4.69) is 5.32 Å². The Hall–Kier alpha value is -1.79. The smallest absolute Gasteiger partial charge is 0.317 e. The second-order valence-corrected chi connectivity index (χ2v) is 5.74. The summed E-state index contributed by atoms with van der Waals surface area (Å²) in [6, 6.07) is 0.0172. The van der Waals surface area contributed by atoms with Gasteiger partial charge in [0.1, 0.15) is 0 Å². The van der Waals surface area contributed by atoms with Crippen LogP contribution in [-0.2, 0) is 9.59 Å². The molecule has 0 bridgehead atoms. The second-order valence-electron chi connectivity index (χ2n) is 5.74. The lowest BCUT2D eigenvalue weighted by atomic mass is 10.0. The first-order chi connectivity index (χ1) is 10.0. The molecule has 0 aliphatic carbocycles. The SMILES string of the molecule is CCCNC(=O)N1CCC(N2CC(C(=O)O)CC2=O)CC1. The molecule has 2 fully saturated rings. The summed E-state index contributed by atoms with van der Waals surface area (Å²) in [7, 11) is 0. The molecular formula is C14H23N3O4. The Kier molecular flexibility index (Phi) is 5.03. The summed E-state index contributed by atoms with van der Waals surface area (Å²) in [5, 5.41) is 11.9. The van der Waals surface area contributed by atoms with Crippen molar-refractivity contribution in [2.24, 2.45) is 5.92 Å². The number of carboxylic acid groups (broad SMARTS) is 1. The highest BCUT2D eigenvalue weighted by Gasteiger charge is 2.39. The molecule has 3 amide bonds. The quantitative estimate of drug-likeness (QED) is 0.791. The summed E-state index contributed by atoms with van der Waals surface area (Å²) in [6.45, 7) is 4.21.